The Kier molecular flexibility index (Phi) is 7.19. The summed E-state index contributed by atoms with van der Waals surface area (Å²) in [5.74, 6) is -0.518. The van der Waals surface area contributed by atoms with E-state index in [9.17, 15) is 13.2 Å². The molecule has 1 aliphatic rings. The number of sulfonamides is 1. The average molecular weight is 519 g/mol. The van der Waals surface area contributed by atoms with Gasteiger partial charge in [0, 0.05) is 23.1 Å². The molecule has 0 saturated carbocycles. The third-order valence-corrected chi connectivity index (χ3v) is 7.57. The molecule has 3 aromatic carbocycles. The number of carbonyl (C=O) groups excluding carboxylic acids is 1. The van der Waals surface area contributed by atoms with Crippen LogP contribution in [0.15, 0.2) is 72.8 Å². The minimum Gasteiger partial charge on any atom is -0.465 e. The highest BCUT2D eigenvalue weighted by molar-refractivity contribution is 7.92. The van der Waals surface area contributed by atoms with Crippen LogP contribution in [0.4, 0.5) is 5.69 Å². The molecule has 6 nitrogen and oxygen atoms in total. The molecule has 0 radical (unpaired) electrons. The van der Waals surface area contributed by atoms with Gasteiger partial charge >= 0.3 is 5.97 Å². The van der Waals surface area contributed by atoms with E-state index in [0.29, 0.717) is 34.4 Å². The Morgan fingerprint density at radius 3 is 1.97 bits per heavy atom. The molecule has 1 heterocycles. The van der Waals surface area contributed by atoms with Crippen molar-refractivity contribution in [2.75, 3.05) is 30.8 Å². The van der Waals surface area contributed by atoms with Gasteiger partial charge in [0.15, 0.2) is 0 Å². The number of halogens is 2. The highest BCUT2D eigenvalue weighted by Gasteiger charge is 2.40. The van der Waals surface area contributed by atoms with Crippen molar-refractivity contribution < 1.29 is 17.9 Å². The number of rotatable bonds is 7. The molecule has 4 rings (SSSR count). The molecular weight excluding hydrogens is 495 g/mol. The summed E-state index contributed by atoms with van der Waals surface area (Å²) >= 11 is 12.2. The minimum atomic E-state index is -3.60. The number of hydrogen-bond acceptors (Lipinski definition) is 5. The van der Waals surface area contributed by atoms with Gasteiger partial charge in [0.25, 0.3) is 0 Å². The van der Waals surface area contributed by atoms with Crippen LogP contribution in [0.1, 0.15) is 27.5 Å². The Hall–Kier alpha value is -2.58. The van der Waals surface area contributed by atoms with Crippen LogP contribution >= 0.6 is 23.2 Å². The molecule has 0 aliphatic carbocycles. The van der Waals surface area contributed by atoms with Crippen LogP contribution in [-0.2, 0) is 14.8 Å². The first kappa shape index (κ1) is 24.5. The molecule has 1 fully saturated rings. The zero-order valence-electron chi connectivity index (χ0n) is 18.7. The summed E-state index contributed by atoms with van der Waals surface area (Å²) in [7, 11) is -2.30. The van der Waals surface area contributed by atoms with Crippen molar-refractivity contribution >= 4 is 44.9 Å². The summed E-state index contributed by atoms with van der Waals surface area (Å²) in [6.07, 6.45) is 1.18. The molecule has 0 aromatic heterocycles. The number of esters is 1. The summed E-state index contributed by atoms with van der Waals surface area (Å²) in [4.78, 5) is 14.2. The van der Waals surface area contributed by atoms with Gasteiger partial charge in [-0.1, -0.05) is 53.5 Å². The van der Waals surface area contributed by atoms with E-state index in [1.165, 1.54) is 17.7 Å². The molecule has 0 bridgehead atoms. The van der Waals surface area contributed by atoms with E-state index in [1.807, 2.05) is 48.5 Å². The molecule has 0 atom stereocenters. The number of anilines is 1. The van der Waals surface area contributed by atoms with Gasteiger partial charge in [-0.05, 0) is 53.6 Å². The van der Waals surface area contributed by atoms with Crippen molar-refractivity contribution in [3.05, 3.63) is 99.5 Å². The van der Waals surface area contributed by atoms with Crippen LogP contribution in [0.5, 0.6) is 0 Å². The highest BCUT2D eigenvalue weighted by atomic mass is 35.5. The highest BCUT2D eigenvalue weighted by Crippen LogP contribution is 2.36. The van der Waals surface area contributed by atoms with Crippen LogP contribution in [-0.4, -0.2) is 51.8 Å². The summed E-state index contributed by atoms with van der Waals surface area (Å²) in [6, 6.07) is 21.4. The number of nitrogens with zero attached hydrogens (tertiary/aromatic N) is 2. The monoisotopic (exact) mass is 518 g/mol. The van der Waals surface area contributed by atoms with E-state index < -0.39 is 16.0 Å². The smallest absolute Gasteiger partial charge is 0.337 e. The Labute approximate surface area is 209 Å². The largest absolute Gasteiger partial charge is 0.465 e. The molecule has 0 spiro atoms. The van der Waals surface area contributed by atoms with Crippen molar-refractivity contribution in [3.8, 4) is 0 Å². The number of methoxy groups -OCH3 is 1. The fourth-order valence-electron chi connectivity index (χ4n) is 4.31. The van der Waals surface area contributed by atoms with E-state index in [1.54, 1.807) is 24.3 Å². The second kappa shape index (κ2) is 9.96. The normalized spacial score (nSPS) is 14.6. The summed E-state index contributed by atoms with van der Waals surface area (Å²) < 4.78 is 31.7. The lowest BCUT2D eigenvalue weighted by Gasteiger charge is -2.48. The molecule has 34 heavy (non-hydrogen) atoms. The van der Waals surface area contributed by atoms with Gasteiger partial charge in [-0.3, -0.25) is 9.21 Å². The summed E-state index contributed by atoms with van der Waals surface area (Å²) in [5.41, 5.74) is 2.82. The van der Waals surface area contributed by atoms with Crippen LogP contribution < -0.4 is 4.31 Å². The van der Waals surface area contributed by atoms with E-state index in [0.717, 1.165) is 11.1 Å². The lowest BCUT2D eigenvalue weighted by atomic mass is 9.93. The zero-order valence-corrected chi connectivity index (χ0v) is 21.0. The van der Waals surface area contributed by atoms with E-state index in [2.05, 4.69) is 4.90 Å². The minimum absolute atomic E-state index is 0.0893. The Morgan fingerprint density at radius 2 is 1.50 bits per heavy atom. The van der Waals surface area contributed by atoms with E-state index >= 15 is 0 Å². The van der Waals surface area contributed by atoms with Crippen LogP contribution in [0, 0.1) is 0 Å². The lowest BCUT2D eigenvalue weighted by molar-refractivity contribution is 0.0600. The fraction of sp³-hybridized carbons (Fsp3) is 0.240. The van der Waals surface area contributed by atoms with Gasteiger partial charge in [-0.2, -0.15) is 0 Å². The van der Waals surface area contributed by atoms with Crippen LogP contribution in [0.3, 0.4) is 0 Å². The van der Waals surface area contributed by atoms with Gasteiger partial charge in [0.2, 0.25) is 10.0 Å². The Balaban J connectivity index is 1.63. The molecule has 1 aliphatic heterocycles. The van der Waals surface area contributed by atoms with Crippen molar-refractivity contribution in [3.63, 3.8) is 0 Å². The maximum atomic E-state index is 12.8. The Bertz CT molecular complexity index is 1230. The van der Waals surface area contributed by atoms with Gasteiger partial charge < -0.3 is 4.74 Å². The van der Waals surface area contributed by atoms with Crippen molar-refractivity contribution in [2.45, 2.75) is 12.1 Å². The molecule has 0 N–H and O–H groups in total. The van der Waals surface area contributed by atoms with Crippen molar-refractivity contribution in [2.24, 2.45) is 0 Å². The number of ether oxygens (including phenoxy) is 1. The number of benzene rings is 3. The van der Waals surface area contributed by atoms with E-state index in [-0.39, 0.29) is 12.1 Å². The molecular formula is C25H24Cl2N2O4S. The predicted molar refractivity (Wildman–Crippen MR) is 135 cm³/mol. The SMILES string of the molecule is COC(=O)c1cccc(N(C2CN(C(c3ccc(Cl)cc3)c3ccc(Cl)cc3)C2)S(C)(=O)=O)c1. The van der Waals surface area contributed by atoms with Crippen molar-refractivity contribution in [1.82, 2.24) is 4.90 Å². The first-order chi connectivity index (χ1) is 16.2. The second-order valence-corrected chi connectivity index (χ2v) is 10.9. The molecule has 3 aromatic rings. The second-order valence-electron chi connectivity index (χ2n) is 8.21. The van der Waals surface area contributed by atoms with Gasteiger partial charge in [0.05, 0.1) is 36.7 Å². The topological polar surface area (TPSA) is 66.9 Å². The fourth-order valence-corrected chi connectivity index (χ4v) is 5.74. The van der Waals surface area contributed by atoms with Gasteiger partial charge in [-0.15, -0.1) is 0 Å². The van der Waals surface area contributed by atoms with Crippen LogP contribution in [0.25, 0.3) is 0 Å². The summed E-state index contributed by atoms with van der Waals surface area (Å²) in [6.45, 7) is 1.01. The van der Waals surface area contributed by atoms with Crippen molar-refractivity contribution in [1.29, 1.82) is 0 Å². The van der Waals surface area contributed by atoms with Gasteiger partial charge in [0.1, 0.15) is 0 Å². The molecule has 1 saturated heterocycles. The standard InChI is InChI=1S/C25H24Cl2N2O4S/c1-33-25(30)19-4-3-5-22(14-19)29(34(2,31)32)23-15-28(16-23)24(17-6-10-20(26)11-7-17)18-8-12-21(27)13-9-18/h3-14,23-24H,15-16H2,1-2H3. The Morgan fingerprint density at radius 1 is 0.971 bits per heavy atom. The maximum absolute atomic E-state index is 12.8. The first-order valence-corrected chi connectivity index (χ1v) is 13.2. The third kappa shape index (κ3) is 5.23. The number of hydrogen-bond donors (Lipinski definition) is 0. The quantitative estimate of drug-likeness (QED) is 0.410. The van der Waals surface area contributed by atoms with Gasteiger partial charge in [-0.25, -0.2) is 13.2 Å². The number of carbonyl (C=O) groups is 1. The molecule has 0 amide bonds. The summed E-state index contributed by atoms with van der Waals surface area (Å²) in [5, 5.41) is 1.29. The molecule has 178 valence electrons. The number of likely N-dealkylation sites (tertiary alicyclic amines) is 1. The van der Waals surface area contributed by atoms with E-state index in [4.69, 9.17) is 27.9 Å². The van der Waals surface area contributed by atoms with Crippen LogP contribution in [0.2, 0.25) is 10.0 Å². The zero-order chi connectivity index (χ0) is 24.5. The maximum Gasteiger partial charge on any atom is 0.337 e. The first-order valence-electron chi connectivity index (χ1n) is 10.6. The predicted octanol–water partition coefficient (Wildman–Crippen LogP) is 5.02. The molecule has 9 heteroatoms. The third-order valence-electron chi connectivity index (χ3n) is 5.84. The lowest BCUT2D eigenvalue weighted by Crippen LogP contribution is -2.61. The average Bonchev–Trinajstić information content (AvgIpc) is 2.78. The molecule has 0 unspecified atom stereocenters.